The molecule has 0 aliphatic carbocycles. The molecule has 0 aliphatic heterocycles. The molecule has 8 nitrogen and oxygen atoms in total. The summed E-state index contributed by atoms with van der Waals surface area (Å²) in [4.78, 5) is 8.68. The number of oxazole rings is 1. The number of guanidine groups is 1. The van der Waals surface area contributed by atoms with Crippen LogP contribution >= 0.6 is 11.6 Å². The van der Waals surface area contributed by atoms with E-state index in [0.29, 0.717) is 30.0 Å². The third-order valence-corrected chi connectivity index (χ3v) is 5.74. The summed E-state index contributed by atoms with van der Waals surface area (Å²) >= 11 is 5.85. The highest BCUT2D eigenvalue weighted by Crippen LogP contribution is 2.17. The van der Waals surface area contributed by atoms with Crippen LogP contribution in [0.3, 0.4) is 0 Å². The van der Waals surface area contributed by atoms with Crippen molar-refractivity contribution in [3.63, 3.8) is 0 Å². The minimum Gasteiger partial charge on any atom is -0.444 e. The van der Waals surface area contributed by atoms with E-state index in [2.05, 4.69) is 25.3 Å². The molecule has 0 atom stereocenters. The van der Waals surface area contributed by atoms with Gasteiger partial charge in [-0.3, -0.25) is 4.99 Å². The van der Waals surface area contributed by atoms with Gasteiger partial charge >= 0.3 is 0 Å². The van der Waals surface area contributed by atoms with Crippen LogP contribution in [0.1, 0.15) is 5.69 Å². The molecule has 0 saturated heterocycles. The fraction of sp³-hybridized carbons (Fsp3) is 0.200. The van der Waals surface area contributed by atoms with Crippen molar-refractivity contribution < 1.29 is 12.8 Å². The molecule has 0 unspecified atom stereocenters. The van der Waals surface area contributed by atoms with Crippen molar-refractivity contribution in [1.82, 2.24) is 20.3 Å². The molecule has 1 aromatic heterocycles. The Morgan fingerprint density at radius 2 is 1.90 bits per heavy atom. The molecule has 2 aromatic carbocycles. The predicted molar refractivity (Wildman–Crippen MR) is 117 cm³/mol. The van der Waals surface area contributed by atoms with E-state index in [9.17, 15) is 8.42 Å². The molecule has 0 bridgehead atoms. The number of hydrogen-bond donors (Lipinski definition) is 3. The summed E-state index contributed by atoms with van der Waals surface area (Å²) in [6.07, 6.45) is 1.59. The maximum absolute atomic E-state index is 12.3. The Morgan fingerprint density at radius 1 is 1.10 bits per heavy atom. The molecule has 0 amide bonds. The Hall–Kier alpha value is -2.88. The molecular weight excluding hydrogens is 426 g/mol. The topological polar surface area (TPSA) is 109 Å². The van der Waals surface area contributed by atoms with E-state index >= 15 is 0 Å². The van der Waals surface area contributed by atoms with Crippen LogP contribution < -0.4 is 15.4 Å². The maximum Gasteiger partial charge on any atom is 0.240 e. The van der Waals surface area contributed by atoms with Crippen molar-refractivity contribution in [2.75, 3.05) is 20.1 Å². The quantitative estimate of drug-likeness (QED) is 0.278. The van der Waals surface area contributed by atoms with Gasteiger partial charge in [-0.05, 0) is 30.3 Å². The Morgan fingerprint density at radius 3 is 2.63 bits per heavy atom. The Kier molecular flexibility index (Phi) is 7.45. The highest BCUT2D eigenvalue weighted by molar-refractivity contribution is 7.89. The molecular formula is C20H22ClN5O3S. The molecule has 0 spiro atoms. The zero-order chi connectivity index (χ0) is 21.4. The SMILES string of the molecule is CN=C(NCCNS(=O)(=O)c1cccc(Cl)c1)NCc1coc(-c2ccccc2)n1. The molecule has 0 saturated carbocycles. The van der Waals surface area contributed by atoms with Gasteiger partial charge in [0.15, 0.2) is 5.96 Å². The lowest BCUT2D eigenvalue weighted by molar-refractivity contribution is 0.571. The van der Waals surface area contributed by atoms with E-state index in [1.165, 1.54) is 12.1 Å². The molecule has 158 valence electrons. The van der Waals surface area contributed by atoms with Crippen LogP contribution in [0.5, 0.6) is 0 Å². The lowest BCUT2D eigenvalue weighted by Crippen LogP contribution is -2.41. The normalized spacial score (nSPS) is 12.0. The summed E-state index contributed by atoms with van der Waals surface area (Å²) in [5.41, 5.74) is 1.62. The van der Waals surface area contributed by atoms with Crippen LogP contribution in [0.25, 0.3) is 11.5 Å². The minimum absolute atomic E-state index is 0.123. The number of benzene rings is 2. The van der Waals surface area contributed by atoms with E-state index < -0.39 is 10.0 Å². The first-order valence-corrected chi connectivity index (χ1v) is 11.0. The number of hydrogen-bond acceptors (Lipinski definition) is 5. The number of aromatic nitrogens is 1. The summed E-state index contributed by atoms with van der Waals surface area (Å²) in [6, 6.07) is 15.7. The smallest absolute Gasteiger partial charge is 0.240 e. The van der Waals surface area contributed by atoms with E-state index in [-0.39, 0.29) is 11.4 Å². The zero-order valence-electron chi connectivity index (χ0n) is 16.3. The number of halogens is 1. The van der Waals surface area contributed by atoms with E-state index in [4.69, 9.17) is 16.0 Å². The largest absolute Gasteiger partial charge is 0.444 e. The first kappa shape index (κ1) is 21.8. The highest BCUT2D eigenvalue weighted by atomic mass is 35.5. The van der Waals surface area contributed by atoms with Gasteiger partial charge in [0.25, 0.3) is 0 Å². The number of sulfonamides is 1. The van der Waals surface area contributed by atoms with Crippen LogP contribution in [-0.2, 0) is 16.6 Å². The van der Waals surface area contributed by atoms with Crippen molar-refractivity contribution in [1.29, 1.82) is 0 Å². The van der Waals surface area contributed by atoms with Gasteiger partial charge in [-0.15, -0.1) is 0 Å². The van der Waals surface area contributed by atoms with Crippen molar-refractivity contribution in [2.24, 2.45) is 4.99 Å². The van der Waals surface area contributed by atoms with Gasteiger partial charge in [-0.1, -0.05) is 35.9 Å². The van der Waals surface area contributed by atoms with Crippen molar-refractivity contribution >= 4 is 27.6 Å². The van der Waals surface area contributed by atoms with Gasteiger partial charge in [-0.25, -0.2) is 18.1 Å². The van der Waals surface area contributed by atoms with E-state index in [0.717, 1.165) is 11.3 Å². The third-order valence-electron chi connectivity index (χ3n) is 4.05. The molecule has 0 fully saturated rings. The van der Waals surface area contributed by atoms with Gasteiger partial charge < -0.3 is 15.1 Å². The zero-order valence-corrected chi connectivity index (χ0v) is 17.9. The van der Waals surface area contributed by atoms with Gasteiger partial charge in [-0.2, -0.15) is 0 Å². The molecule has 3 rings (SSSR count). The summed E-state index contributed by atoms with van der Waals surface area (Å²) in [7, 11) is -1.99. The number of nitrogens with zero attached hydrogens (tertiary/aromatic N) is 2. The highest BCUT2D eigenvalue weighted by Gasteiger charge is 2.13. The first-order chi connectivity index (χ1) is 14.5. The summed E-state index contributed by atoms with van der Waals surface area (Å²) in [5.74, 6) is 1.06. The number of aliphatic imine (C=N–C) groups is 1. The molecule has 30 heavy (non-hydrogen) atoms. The van der Waals surface area contributed by atoms with Crippen molar-refractivity contribution in [3.05, 3.63) is 71.6 Å². The van der Waals surface area contributed by atoms with Crippen LogP contribution in [0, 0.1) is 0 Å². The van der Waals surface area contributed by atoms with Crippen LogP contribution in [-0.4, -0.2) is 39.5 Å². The molecule has 1 heterocycles. The average molecular weight is 448 g/mol. The second-order valence-corrected chi connectivity index (χ2v) is 8.42. The Balaban J connectivity index is 1.45. The third kappa shape index (κ3) is 6.06. The minimum atomic E-state index is -3.62. The summed E-state index contributed by atoms with van der Waals surface area (Å²) in [6.45, 7) is 0.926. The fourth-order valence-electron chi connectivity index (χ4n) is 2.58. The van der Waals surface area contributed by atoms with Gasteiger partial charge in [0, 0.05) is 30.7 Å². The maximum atomic E-state index is 12.3. The lowest BCUT2D eigenvalue weighted by atomic mass is 10.2. The molecule has 0 radical (unpaired) electrons. The van der Waals surface area contributed by atoms with Crippen LogP contribution in [0.2, 0.25) is 5.02 Å². The predicted octanol–water partition coefficient (Wildman–Crippen LogP) is 2.64. The van der Waals surface area contributed by atoms with Crippen LogP contribution in [0.4, 0.5) is 0 Å². The average Bonchev–Trinajstić information content (AvgIpc) is 3.23. The Bertz CT molecular complexity index is 1100. The molecule has 3 N–H and O–H groups in total. The summed E-state index contributed by atoms with van der Waals surface area (Å²) in [5, 5.41) is 6.51. The fourth-order valence-corrected chi connectivity index (χ4v) is 3.91. The lowest BCUT2D eigenvalue weighted by Gasteiger charge is -2.11. The second kappa shape index (κ2) is 10.2. The number of rotatable bonds is 8. The first-order valence-electron chi connectivity index (χ1n) is 9.17. The van der Waals surface area contributed by atoms with Gasteiger partial charge in [0.2, 0.25) is 15.9 Å². The Labute approximate surface area is 180 Å². The van der Waals surface area contributed by atoms with Gasteiger partial charge in [0.05, 0.1) is 17.1 Å². The van der Waals surface area contributed by atoms with Crippen LogP contribution in [0.15, 0.2) is 75.2 Å². The number of nitrogens with one attached hydrogen (secondary N) is 3. The van der Waals surface area contributed by atoms with E-state index in [1.54, 1.807) is 25.4 Å². The molecule has 3 aromatic rings. The van der Waals surface area contributed by atoms with Crippen molar-refractivity contribution in [3.8, 4) is 11.5 Å². The molecule has 0 aliphatic rings. The van der Waals surface area contributed by atoms with Gasteiger partial charge in [0.1, 0.15) is 6.26 Å². The van der Waals surface area contributed by atoms with E-state index in [1.807, 2.05) is 30.3 Å². The standard InChI is InChI=1S/C20H22ClN5O3S/c1-22-20(23-10-11-25-30(27,28)18-9-5-8-16(21)12-18)24-13-17-14-29-19(26-17)15-6-3-2-4-7-15/h2-9,12,14,25H,10-11,13H2,1H3,(H2,22,23,24). The second-order valence-electron chi connectivity index (χ2n) is 6.22. The van der Waals surface area contributed by atoms with Crippen molar-refractivity contribution in [2.45, 2.75) is 11.4 Å². The summed E-state index contributed by atoms with van der Waals surface area (Å²) < 4.78 is 32.6. The molecule has 10 heteroatoms. The monoisotopic (exact) mass is 447 g/mol.